The minimum absolute atomic E-state index is 0.0528. The van der Waals surface area contributed by atoms with Gasteiger partial charge < -0.3 is 5.32 Å². The normalized spacial score (nSPS) is 20.5. The molecule has 1 N–H and O–H groups in total. The van der Waals surface area contributed by atoms with Crippen molar-refractivity contribution in [3.63, 3.8) is 0 Å². The van der Waals surface area contributed by atoms with Crippen LogP contribution in [0.1, 0.15) is 25.7 Å². The molecule has 1 aromatic carbocycles. The number of benzene rings is 1. The van der Waals surface area contributed by atoms with Gasteiger partial charge in [-0.15, -0.1) is 0 Å². The average molecular weight is 250 g/mol. The van der Waals surface area contributed by atoms with Crippen molar-refractivity contribution in [2.45, 2.75) is 25.7 Å². The molecule has 0 amide bonds. The summed E-state index contributed by atoms with van der Waals surface area (Å²) in [5, 5.41) is 13.9. The van der Waals surface area contributed by atoms with Gasteiger partial charge in [-0.05, 0) is 43.1 Å². The van der Waals surface area contributed by atoms with Crippen LogP contribution in [0.25, 0.3) is 0 Å². The van der Waals surface area contributed by atoms with Crippen molar-refractivity contribution in [1.82, 2.24) is 0 Å². The molecular weight excluding hydrogens is 235 g/mol. The van der Waals surface area contributed by atoms with Gasteiger partial charge in [0.15, 0.2) is 0 Å². The van der Waals surface area contributed by atoms with E-state index in [-0.39, 0.29) is 5.69 Å². The van der Waals surface area contributed by atoms with Gasteiger partial charge in [0.25, 0.3) is 5.69 Å². The van der Waals surface area contributed by atoms with Crippen molar-refractivity contribution in [2.24, 2.45) is 11.3 Å². The summed E-state index contributed by atoms with van der Waals surface area (Å²) in [6.45, 7) is 0.724. The molecule has 5 heteroatoms. The Balaban J connectivity index is 1.75. The Labute approximate surface area is 104 Å². The monoisotopic (exact) mass is 250 g/mol. The number of nitro benzene ring substituents is 1. The molecule has 96 valence electrons. The lowest BCUT2D eigenvalue weighted by molar-refractivity contribution is -0.384. The Hall–Kier alpha value is -1.65. The molecule has 2 saturated carbocycles. The molecule has 1 aromatic rings. The summed E-state index contributed by atoms with van der Waals surface area (Å²) in [7, 11) is 0. The van der Waals surface area contributed by atoms with E-state index >= 15 is 0 Å². The van der Waals surface area contributed by atoms with Gasteiger partial charge >= 0.3 is 0 Å². The standard InChI is InChI=1S/C13H15FN2O2/c14-10-3-4-12(16(17)18)11(7-10)15-8-13(5-6-13)9-1-2-9/h3-4,7,9,15H,1-2,5-6,8H2. The number of nitro groups is 1. The molecule has 18 heavy (non-hydrogen) atoms. The van der Waals surface area contributed by atoms with Crippen molar-refractivity contribution >= 4 is 11.4 Å². The smallest absolute Gasteiger partial charge is 0.292 e. The molecule has 0 spiro atoms. The number of anilines is 1. The maximum atomic E-state index is 13.2. The van der Waals surface area contributed by atoms with Crippen LogP contribution in [0.5, 0.6) is 0 Å². The largest absolute Gasteiger partial charge is 0.379 e. The fourth-order valence-electron chi connectivity index (χ4n) is 2.67. The summed E-state index contributed by atoms with van der Waals surface area (Å²) in [4.78, 5) is 10.4. The zero-order valence-electron chi connectivity index (χ0n) is 9.99. The van der Waals surface area contributed by atoms with Gasteiger partial charge in [0.1, 0.15) is 11.5 Å². The van der Waals surface area contributed by atoms with Gasteiger partial charge in [-0.25, -0.2) is 4.39 Å². The van der Waals surface area contributed by atoms with E-state index in [0.717, 1.165) is 18.5 Å². The van der Waals surface area contributed by atoms with Gasteiger partial charge in [0, 0.05) is 18.7 Å². The highest BCUT2D eigenvalue weighted by molar-refractivity contribution is 5.61. The van der Waals surface area contributed by atoms with Gasteiger partial charge in [-0.3, -0.25) is 10.1 Å². The van der Waals surface area contributed by atoms with Crippen LogP contribution in [0.15, 0.2) is 18.2 Å². The third-order valence-corrected chi connectivity index (χ3v) is 4.12. The molecule has 2 fully saturated rings. The van der Waals surface area contributed by atoms with E-state index in [0.29, 0.717) is 11.1 Å². The number of hydrogen-bond donors (Lipinski definition) is 1. The van der Waals surface area contributed by atoms with Crippen molar-refractivity contribution < 1.29 is 9.31 Å². The third-order valence-electron chi connectivity index (χ3n) is 4.12. The van der Waals surface area contributed by atoms with E-state index in [9.17, 15) is 14.5 Å². The molecule has 0 aliphatic heterocycles. The second kappa shape index (κ2) is 3.93. The van der Waals surface area contributed by atoms with Crippen molar-refractivity contribution in [3.8, 4) is 0 Å². The molecule has 0 atom stereocenters. The summed E-state index contributed by atoms with van der Waals surface area (Å²) < 4.78 is 13.2. The van der Waals surface area contributed by atoms with E-state index in [4.69, 9.17) is 0 Å². The molecule has 0 bridgehead atoms. The molecule has 4 nitrogen and oxygen atoms in total. The Morgan fingerprint density at radius 2 is 2.17 bits per heavy atom. The Morgan fingerprint density at radius 3 is 2.72 bits per heavy atom. The summed E-state index contributed by atoms with van der Waals surface area (Å²) >= 11 is 0. The minimum atomic E-state index is -0.474. The maximum Gasteiger partial charge on any atom is 0.292 e. The first kappa shape index (κ1) is 11.4. The molecule has 0 saturated heterocycles. The molecule has 2 aliphatic carbocycles. The topological polar surface area (TPSA) is 55.2 Å². The highest BCUT2D eigenvalue weighted by Crippen LogP contribution is 2.61. The van der Waals surface area contributed by atoms with Crippen LogP contribution >= 0.6 is 0 Å². The molecule has 0 radical (unpaired) electrons. The number of nitrogens with one attached hydrogen (secondary N) is 1. The molecular formula is C13H15FN2O2. The van der Waals surface area contributed by atoms with Crippen LogP contribution < -0.4 is 5.32 Å². The van der Waals surface area contributed by atoms with Crippen LogP contribution in [0, 0.1) is 27.3 Å². The molecule has 3 rings (SSSR count). The van der Waals surface area contributed by atoms with E-state index in [1.54, 1.807) is 0 Å². The molecule has 2 aliphatic rings. The summed E-state index contributed by atoms with van der Waals surface area (Å²) in [5.41, 5.74) is 0.579. The van der Waals surface area contributed by atoms with E-state index < -0.39 is 10.7 Å². The Kier molecular flexibility index (Phi) is 2.50. The molecule has 0 aromatic heterocycles. The van der Waals surface area contributed by atoms with Crippen molar-refractivity contribution in [3.05, 3.63) is 34.1 Å². The zero-order valence-corrected chi connectivity index (χ0v) is 9.99. The lowest BCUT2D eigenvalue weighted by Crippen LogP contribution is -2.18. The van der Waals surface area contributed by atoms with Crippen molar-refractivity contribution in [1.29, 1.82) is 0 Å². The first-order valence-electron chi connectivity index (χ1n) is 6.29. The maximum absolute atomic E-state index is 13.2. The number of halogens is 1. The molecule has 0 heterocycles. The second-order valence-corrected chi connectivity index (χ2v) is 5.41. The van der Waals surface area contributed by atoms with Crippen LogP contribution in [-0.2, 0) is 0 Å². The van der Waals surface area contributed by atoms with E-state index in [2.05, 4.69) is 5.32 Å². The van der Waals surface area contributed by atoms with Gasteiger partial charge in [0.05, 0.1) is 4.92 Å². The Bertz CT molecular complexity index is 496. The lowest BCUT2D eigenvalue weighted by Gasteiger charge is -2.15. The quantitative estimate of drug-likeness (QED) is 0.644. The van der Waals surface area contributed by atoms with Gasteiger partial charge in [-0.2, -0.15) is 0 Å². The molecule has 0 unspecified atom stereocenters. The summed E-state index contributed by atoms with van der Waals surface area (Å²) in [6, 6.07) is 3.55. The van der Waals surface area contributed by atoms with Gasteiger partial charge in [-0.1, -0.05) is 0 Å². The SMILES string of the molecule is O=[N+]([O-])c1ccc(F)cc1NCC1(C2CC2)CC1. The summed E-state index contributed by atoms with van der Waals surface area (Å²) in [5.74, 6) is 0.331. The predicted octanol–water partition coefficient (Wildman–Crippen LogP) is 3.34. The Morgan fingerprint density at radius 1 is 1.44 bits per heavy atom. The fourth-order valence-corrected chi connectivity index (χ4v) is 2.67. The minimum Gasteiger partial charge on any atom is -0.379 e. The third kappa shape index (κ3) is 2.05. The predicted molar refractivity (Wildman–Crippen MR) is 65.9 cm³/mol. The van der Waals surface area contributed by atoms with Crippen LogP contribution in [0.4, 0.5) is 15.8 Å². The van der Waals surface area contributed by atoms with Crippen LogP contribution in [0.3, 0.4) is 0 Å². The van der Waals surface area contributed by atoms with Crippen LogP contribution in [0.2, 0.25) is 0 Å². The highest BCUT2D eigenvalue weighted by Gasteiger charge is 2.53. The van der Waals surface area contributed by atoms with Crippen LogP contribution in [-0.4, -0.2) is 11.5 Å². The van der Waals surface area contributed by atoms with E-state index in [1.165, 1.54) is 37.8 Å². The number of hydrogen-bond acceptors (Lipinski definition) is 3. The average Bonchev–Trinajstić information content (AvgIpc) is 3.18. The fraction of sp³-hybridized carbons (Fsp3) is 0.538. The second-order valence-electron chi connectivity index (χ2n) is 5.41. The number of nitrogens with zero attached hydrogens (tertiary/aromatic N) is 1. The summed E-state index contributed by atoms with van der Waals surface area (Å²) in [6.07, 6.45) is 4.92. The highest BCUT2D eigenvalue weighted by atomic mass is 19.1. The first-order chi connectivity index (χ1) is 8.61. The van der Waals surface area contributed by atoms with E-state index in [1.807, 2.05) is 0 Å². The number of rotatable bonds is 5. The van der Waals surface area contributed by atoms with Gasteiger partial charge in [0.2, 0.25) is 0 Å². The first-order valence-corrected chi connectivity index (χ1v) is 6.29. The van der Waals surface area contributed by atoms with Crippen molar-refractivity contribution in [2.75, 3.05) is 11.9 Å². The lowest BCUT2D eigenvalue weighted by atomic mass is 10.0. The zero-order chi connectivity index (χ0) is 12.8.